The van der Waals surface area contributed by atoms with Crippen LogP contribution in [0.2, 0.25) is 0 Å². The van der Waals surface area contributed by atoms with Crippen molar-refractivity contribution in [3.05, 3.63) is 46.5 Å². The predicted octanol–water partition coefficient (Wildman–Crippen LogP) is 2.89. The molecule has 0 N–H and O–H groups in total. The highest BCUT2D eigenvalue weighted by Crippen LogP contribution is 2.37. The van der Waals surface area contributed by atoms with Gasteiger partial charge in [0.25, 0.3) is 5.56 Å². The van der Waals surface area contributed by atoms with Crippen LogP contribution in [0.3, 0.4) is 0 Å². The first-order valence-electron chi connectivity index (χ1n) is 9.03. The van der Waals surface area contributed by atoms with E-state index in [1.807, 2.05) is 6.07 Å². The van der Waals surface area contributed by atoms with Crippen molar-refractivity contribution < 1.29 is 15.7 Å². The summed E-state index contributed by atoms with van der Waals surface area (Å²) in [4.78, 5) is 30.8. The molecule has 2 aromatic heterocycles. The van der Waals surface area contributed by atoms with Gasteiger partial charge in [-0.05, 0) is 30.2 Å². The molecule has 0 aliphatic carbocycles. The van der Waals surface area contributed by atoms with Crippen molar-refractivity contribution in [2.45, 2.75) is 6.42 Å². The summed E-state index contributed by atoms with van der Waals surface area (Å²) < 4.78 is 12.3. The van der Waals surface area contributed by atoms with Crippen molar-refractivity contribution in [1.29, 1.82) is 0 Å². The maximum Gasteiger partial charge on any atom is 0.259 e. The Morgan fingerprint density at radius 3 is 2.32 bits per heavy atom. The van der Waals surface area contributed by atoms with Crippen molar-refractivity contribution in [3.8, 4) is 22.6 Å². The molecule has 0 bridgehead atoms. The number of nitrogens with zero attached hydrogens (tertiary/aromatic N) is 3. The van der Waals surface area contributed by atoms with Crippen LogP contribution in [0.15, 0.2) is 35.4 Å². The third-order valence-corrected chi connectivity index (χ3v) is 5.21. The lowest BCUT2D eigenvalue weighted by atomic mass is 9.99. The summed E-state index contributed by atoms with van der Waals surface area (Å²) in [5.74, 6) is 1.70. The van der Waals surface area contributed by atoms with Gasteiger partial charge in [-0.1, -0.05) is 0 Å². The van der Waals surface area contributed by atoms with Crippen molar-refractivity contribution in [2.75, 3.05) is 32.2 Å². The maximum absolute atomic E-state index is 12.6. The van der Waals surface area contributed by atoms with Crippen molar-refractivity contribution in [3.63, 3.8) is 0 Å². The van der Waals surface area contributed by atoms with Gasteiger partial charge in [0.05, 0.1) is 25.2 Å². The number of rotatable bonds is 5. The van der Waals surface area contributed by atoms with Gasteiger partial charge in [-0.25, -0.2) is 4.98 Å². The third-order valence-electron chi connectivity index (χ3n) is 5.21. The molecular formula is C21H23N3O4. The number of aromatic nitrogens is 2. The number of aryl methyl sites for hydroxylation is 1. The molecule has 1 aliphatic heterocycles. The van der Waals surface area contributed by atoms with Gasteiger partial charge in [0, 0.05) is 44.9 Å². The molecule has 0 atom stereocenters. The average Bonchev–Trinajstić information content (AvgIpc) is 2.68. The first-order chi connectivity index (χ1) is 13.6. The molecule has 7 heteroatoms. The summed E-state index contributed by atoms with van der Waals surface area (Å²) in [7, 11) is 4.73. The molecule has 146 valence electrons. The van der Waals surface area contributed by atoms with E-state index < -0.39 is 0 Å². The Hall–Kier alpha value is -3.35. The molecule has 1 aromatic carbocycles. The van der Waals surface area contributed by atoms with E-state index in [0.29, 0.717) is 28.7 Å². The Labute approximate surface area is 163 Å². The Bertz CT molecular complexity index is 1110. The molecule has 0 saturated carbocycles. The van der Waals surface area contributed by atoms with Gasteiger partial charge in [-0.15, -0.1) is 0 Å². The van der Waals surface area contributed by atoms with E-state index in [1.54, 1.807) is 31.6 Å². The third kappa shape index (κ3) is 2.79. The number of benzene rings is 1. The molecule has 4 rings (SSSR count). The fourth-order valence-electron chi connectivity index (χ4n) is 3.51. The standard InChI is InChI=1S/C21H21N3O4.H2/c1-23-11-16(13-7-18(27-2)17(12-25)19(8-13)28-3)14-9-20(24-5-4-6-24)22-10-15(14)21(23)26;/h7-12H,4-6H2,1-3H3;1H. The summed E-state index contributed by atoms with van der Waals surface area (Å²) in [6.07, 6.45) is 5.29. The van der Waals surface area contributed by atoms with E-state index in [2.05, 4.69) is 9.88 Å². The van der Waals surface area contributed by atoms with Crippen LogP contribution < -0.4 is 19.9 Å². The molecule has 3 aromatic rings. The Morgan fingerprint density at radius 2 is 1.79 bits per heavy atom. The number of anilines is 1. The van der Waals surface area contributed by atoms with Crippen LogP contribution in [0.4, 0.5) is 5.82 Å². The number of hydrogen-bond acceptors (Lipinski definition) is 6. The average molecular weight is 381 g/mol. The van der Waals surface area contributed by atoms with Gasteiger partial charge < -0.3 is 18.9 Å². The zero-order valence-electron chi connectivity index (χ0n) is 16.1. The second kappa shape index (κ2) is 6.99. The summed E-state index contributed by atoms with van der Waals surface area (Å²) in [5, 5.41) is 1.35. The molecule has 1 saturated heterocycles. The predicted molar refractivity (Wildman–Crippen MR) is 110 cm³/mol. The van der Waals surface area contributed by atoms with Crippen LogP contribution in [-0.2, 0) is 7.05 Å². The largest absolute Gasteiger partial charge is 0.496 e. The van der Waals surface area contributed by atoms with Gasteiger partial charge in [-0.3, -0.25) is 9.59 Å². The molecule has 7 nitrogen and oxygen atoms in total. The Balaban J connectivity index is 0.00000240. The highest BCUT2D eigenvalue weighted by Gasteiger charge is 2.19. The summed E-state index contributed by atoms with van der Waals surface area (Å²) in [5.41, 5.74) is 1.88. The minimum absolute atomic E-state index is 0. The minimum Gasteiger partial charge on any atom is -0.496 e. The SMILES string of the molecule is COc1cc(-c2cn(C)c(=O)c3cnc(N4CCC4)cc23)cc(OC)c1C=O.[HH]. The summed E-state index contributed by atoms with van der Waals surface area (Å²) in [6.45, 7) is 1.93. The quantitative estimate of drug-likeness (QED) is 0.633. The number of aldehydes is 1. The van der Waals surface area contributed by atoms with Crippen LogP contribution in [0.1, 0.15) is 18.2 Å². The Kier molecular flexibility index (Phi) is 4.50. The topological polar surface area (TPSA) is 73.7 Å². The molecule has 3 heterocycles. The number of methoxy groups -OCH3 is 2. The molecule has 0 spiro atoms. The number of carbonyl (C=O) groups excluding carboxylic acids is 1. The number of fused-ring (bicyclic) bond motifs is 1. The van der Waals surface area contributed by atoms with Crippen LogP contribution in [0.5, 0.6) is 11.5 Å². The lowest BCUT2D eigenvalue weighted by Crippen LogP contribution is -2.37. The van der Waals surface area contributed by atoms with E-state index in [-0.39, 0.29) is 6.99 Å². The number of pyridine rings is 2. The smallest absolute Gasteiger partial charge is 0.259 e. The van der Waals surface area contributed by atoms with Crippen LogP contribution in [0, 0.1) is 0 Å². The summed E-state index contributed by atoms with van der Waals surface area (Å²) in [6, 6.07) is 5.53. The van der Waals surface area contributed by atoms with Gasteiger partial charge in [0.1, 0.15) is 17.3 Å². The highest BCUT2D eigenvalue weighted by atomic mass is 16.5. The molecule has 0 radical (unpaired) electrons. The zero-order valence-corrected chi connectivity index (χ0v) is 16.1. The lowest BCUT2D eigenvalue weighted by Gasteiger charge is -2.32. The zero-order chi connectivity index (χ0) is 19.8. The van der Waals surface area contributed by atoms with E-state index in [0.717, 1.165) is 41.8 Å². The second-order valence-electron chi connectivity index (χ2n) is 6.80. The van der Waals surface area contributed by atoms with Crippen LogP contribution in [-0.4, -0.2) is 43.1 Å². The normalized spacial score (nSPS) is 13.3. The summed E-state index contributed by atoms with van der Waals surface area (Å²) >= 11 is 0. The van der Waals surface area contributed by atoms with E-state index in [4.69, 9.17) is 9.47 Å². The van der Waals surface area contributed by atoms with Crippen molar-refractivity contribution in [2.24, 2.45) is 7.05 Å². The molecule has 28 heavy (non-hydrogen) atoms. The van der Waals surface area contributed by atoms with Gasteiger partial charge in [-0.2, -0.15) is 0 Å². The monoisotopic (exact) mass is 381 g/mol. The van der Waals surface area contributed by atoms with Gasteiger partial charge >= 0.3 is 0 Å². The maximum atomic E-state index is 12.6. The fraction of sp³-hybridized carbons (Fsp3) is 0.286. The van der Waals surface area contributed by atoms with E-state index >= 15 is 0 Å². The first-order valence-corrected chi connectivity index (χ1v) is 9.03. The Morgan fingerprint density at radius 1 is 1.11 bits per heavy atom. The second-order valence-corrected chi connectivity index (χ2v) is 6.80. The van der Waals surface area contributed by atoms with E-state index in [1.165, 1.54) is 18.8 Å². The van der Waals surface area contributed by atoms with Gasteiger partial charge in [0.2, 0.25) is 0 Å². The number of ether oxygens (including phenoxy) is 2. The molecule has 0 unspecified atom stereocenters. The molecule has 1 fully saturated rings. The van der Waals surface area contributed by atoms with Gasteiger partial charge in [0.15, 0.2) is 6.29 Å². The number of carbonyl (C=O) groups is 1. The van der Waals surface area contributed by atoms with Crippen LogP contribution >= 0.6 is 0 Å². The molecule has 1 aliphatic rings. The van der Waals surface area contributed by atoms with Crippen LogP contribution in [0.25, 0.3) is 21.9 Å². The fourth-order valence-corrected chi connectivity index (χ4v) is 3.51. The van der Waals surface area contributed by atoms with Crippen molar-refractivity contribution in [1.82, 2.24) is 9.55 Å². The molecular weight excluding hydrogens is 358 g/mol. The van der Waals surface area contributed by atoms with Crippen molar-refractivity contribution >= 4 is 22.9 Å². The molecule has 0 amide bonds. The highest BCUT2D eigenvalue weighted by molar-refractivity contribution is 5.98. The first kappa shape index (κ1) is 18.0. The lowest BCUT2D eigenvalue weighted by molar-refractivity contribution is 0.111. The minimum atomic E-state index is -0.107. The van der Waals surface area contributed by atoms with E-state index in [9.17, 15) is 9.59 Å². The number of hydrogen-bond donors (Lipinski definition) is 0.